The van der Waals surface area contributed by atoms with Gasteiger partial charge in [-0.25, -0.2) is 0 Å². The van der Waals surface area contributed by atoms with Crippen molar-refractivity contribution in [2.24, 2.45) is 5.92 Å². The fourth-order valence-corrected chi connectivity index (χ4v) is 9.22. The van der Waals surface area contributed by atoms with Gasteiger partial charge in [0.25, 0.3) is 5.91 Å². The Hall–Kier alpha value is -6.68. The Bertz CT molecular complexity index is 3480. The predicted octanol–water partition coefficient (Wildman–Crippen LogP) is 9.19. The average Bonchev–Trinajstić information content (AvgIpc) is 3.58. The number of carbonyl (C=O) groups excluding carboxylic acids is 2. The Morgan fingerprint density at radius 1 is 0.662 bits per heavy atom. The number of hydrogen-bond acceptors (Lipinski definition) is 18. The van der Waals surface area contributed by atoms with E-state index in [0.717, 1.165) is 74.7 Å². The van der Waals surface area contributed by atoms with Gasteiger partial charge in [-0.1, -0.05) is 24.3 Å². The molecule has 80 heavy (non-hydrogen) atoms. The summed E-state index contributed by atoms with van der Waals surface area (Å²) in [5, 5.41) is 41.9. The van der Waals surface area contributed by atoms with E-state index in [-0.39, 0.29) is 40.2 Å². The van der Waals surface area contributed by atoms with Crippen LogP contribution >= 0.6 is 47.8 Å². The van der Waals surface area contributed by atoms with Crippen LogP contribution in [0.4, 0.5) is 28.6 Å². The monoisotopic (exact) mass is 1290 g/mol. The van der Waals surface area contributed by atoms with Crippen molar-refractivity contribution in [1.29, 1.82) is 0 Å². The number of anilines is 5. The van der Waals surface area contributed by atoms with E-state index in [2.05, 4.69) is 99.2 Å². The summed E-state index contributed by atoms with van der Waals surface area (Å²) in [7, 11) is 4.27. The normalized spacial score (nSPS) is 17.4. The van der Waals surface area contributed by atoms with Crippen LogP contribution in [0.15, 0.2) is 74.5 Å². The first-order chi connectivity index (χ1) is 39.4. The highest BCUT2D eigenvalue weighted by Gasteiger charge is 2.52. The van der Waals surface area contributed by atoms with E-state index in [0.29, 0.717) is 63.7 Å². The van der Waals surface area contributed by atoms with E-state index in [4.69, 9.17) is 39.1 Å². The number of nitrogens with zero attached hydrogens (tertiary/aromatic N) is 11. The SMILES string of the molecule is Brc1nn(C2CC2)nc1Br.COc1c(N)cccc1-c1nn(C2CC2)nc1Br.COc1c(N)cccc1B1OC(C)(C)C(C)(C)O1.[2H]C([2H])([2H])NC(=O)c1nnc(NC(=O)C2CC2)cc1Nc1cccc(-c2nn(C3CC3)nc2C)c1OC. The minimum Gasteiger partial charge on any atom is -0.495 e. The number of halogens is 3. The topological polar surface area (TPSA) is 286 Å². The summed E-state index contributed by atoms with van der Waals surface area (Å²) in [6, 6.07) is 19.3. The summed E-state index contributed by atoms with van der Waals surface area (Å²) < 4.78 is 52.8. The predicted molar refractivity (Wildman–Crippen MR) is 314 cm³/mol. The highest BCUT2D eigenvalue weighted by molar-refractivity contribution is 9.13. The molecule has 5 fully saturated rings. The average molecular weight is 1290 g/mol. The maximum atomic E-state index is 12.7. The van der Waals surface area contributed by atoms with Crippen LogP contribution in [0.2, 0.25) is 0 Å². The zero-order chi connectivity index (χ0) is 59.7. The van der Waals surface area contributed by atoms with E-state index in [1.807, 2.05) is 76.3 Å². The Kier molecular flexibility index (Phi) is 16.3. The van der Waals surface area contributed by atoms with Gasteiger partial charge in [-0.2, -0.15) is 29.7 Å². The van der Waals surface area contributed by atoms with Crippen molar-refractivity contribution >= 4 is 101 Å². The number of rotatable bonds is 14. The van der Waals surface area contributed by atoms with Gasteiger partial charge >= 0.3 is 7.12 Å². The molecule has 5 heterocycles. The first-order valence-electron chi connectivity index (χ1n) is 27.4. The maximum Gasteiger partial charge on any atom is 0.498 e. The molecular weight excluding hydrogens is 1220 g/mol. The third kappa shape index (κ3) is 13.2. The third-order valence-electron chi connectivity index (χ3n) is 13.9. The van der Waals surface area contributed by atoms with Crippen LogP contribution in [0.1, 0.15) is 117 Å². The Labute approximate surface area is 493 Å². The number of hydrogen-bond donors (Lipinski definition) is 5. The standard InChI is InChI=1S/C23H26N8O3.C13H20BNO3.C12H13BrN4O.C5H5Br2N3/c1-12-19(30-31(29-12)14-9-10-14)15-5-4-6-16(21(15)34-3)25-17-11-18(26-22(32)13-7-8-13)27-28-20(17)23(33)24-2;1-12(2)13(3,4)18-14(17-12)9-7-6-8-10(15)11(9)16-5;1-18-11-8(3-2-4-9(11)14)10-12(13)16-17(15-10)7-5-6-7;6-4-5(7)9-10(8-4)3-1-2-3/h4-6,11,13-14H,7-10H2,1-3H3,(H,24,33)(H2,25,26,27,32);6-8H,15H2,1-5H3;2-4,7H,5-6,14H2,1H3;3H,1-2H2/i2D3;;;. The summed E-state index contributed by atoms with van der Waals surface area (Å²) in [6.07, 6.45) is 8.42. The molecule has 0 radical (unpaired) electrons. The molecule has 4 saturated carbocycles. The largest absolute Gasteiger partial charge is 0.498 e. The molecule has 422 valence electrons. The van der Waals surface area contributed by atoms with Crippen molar-refractivity contribution in [3.05, 3.63) is 85.9 Å². The van der Waals surface area contributed by atoms with E-state index in [1.165, 1.54) is 26.0 Å². The second-order valence-electron chi connectivity index (χ2n) is 20.6. The number of para-hydroxylation sites is 3. The van der Waals surface area contributed by atoms with Crippen LogP contribution in [0.3, 0.4) is 0 Å². The molecule has 3 aromatic carbocycles. The molecule has 23 nitrogen and oxygen atoms in total. The van der Waals surface area contributed by atoms with Gasteiger partial charge < -0.3 is 50.9 Å². The number of nitrogen functional groups attached to an aromatic ring is 2. The van der Waals surface area contributed by atoms with E-state index in [9.17, 15) is 9.59 Å². The Morgan fingerprint density at radius 2 is 1.18 bits per heavy atom. The van der Waals surface area contributed by atoms with E-state index in [1.54, 1.807) is 46.8 Å². The number of aryl methyl sites for hydroxylation is 1. The molecule has 1 aliphatic heterocycles. The van der Waals surface area contributed by atoms with Gasteiger partial charge in [-0.15, -0.1) is 25.5 Å². The third-order valence-corrected chi connectivity index (χ3v) is 16.0. The molecule has 0 unspecified atom stereocenters. The zero-order valence-corrected chi connectivity index (χ0v) is 50.1. The molecule has 5 aliphatic rings. The molecular formula is C53H64BBr3N16O7. The number of methoxy groups -OCH3 is 3. The van der Waals surface area contributed by atoms with Crippen LogP contribution in [0, 0.1) is 12.8 Å². The smallest absolute Gasteiger partial charge is 0.495 e. The van der Waals surface area contributed by atoms with Crippen molar-refractivity contribution in [3.8, 4) is 39.8 Å². The van der Waals surface area contributed by atoms with Crippen molar-refractivity contribution in [2.75, 3.05) is 50.4 Å². The quantitative estimate of drug-likeness (QED) is 0.0501. The molecule has 7 aromatic rings. The number of aromatic nitrogens is 11. The lowest BCUT2D eigenvalue weighted by Crippen LogP contribution is -2.41. The summed E-state index contributed by atoms with van der Waals surface area (Å²) in [5.41, 5.74) is 17.2. The Morgan fingerprint density at radius 3 is 1.74 bits per heavy atom. The van der Waals surface area contributed by atoms with Crippen molar-refractivity contribution < 1.29 is 37.2 Å². The van der Waals surface area contributed by atoms with Crippen molar-refractivity contribution in [1.82, 2.24) is 60.5 Å². The fourth-order valence-electron chi connectivity index (χ4n) is 8.28. The molecule has 1 saturated heterocycles. The van der Waals surface area contributed by atoms with Crippen molar-refractivity contribution in [3.63, 3.8) is 0 Å². The molecule has 7 N–H and O–H groups in total. The highest BCUT2D eigenvalue weighted by atomic mass is 79.9. The fraction of sp³-hybridized carbons (Fsp3) is 0.434. The molecule has 4 aliphatic carbocycles. The second kappa shape index (κ2) is 24.2. The van der Waals surface area contributed by atoms with Gasteiger partial charge in [0.15, 0.2) is 36.8 Å². The summed E-state index contributed by atoms with van der Waals surface area (Å²) in [5.74, 6) is 0.624. The van der Waals surface area contributed by atoms with Gasteiger partial charge in [-0.05, 0) is 164 Å². The van der Waals surface area contributed by atoms with Gasteiger partial charge in [0.05, 0.1) is 79.1 Å². The first kappa shape index (κ1) is 53.9. The van der Waals surface area contributed by atoms with Gasteiger partial charge in [0.2, 0.25) is 5.91 Å². The summed E-state index contributed by atoms with van der Waals surface area (Å²) in [4.78, 5) is 30.2. The van der Waals surface area contributed by atoms with E-state index >= 15 is 0 Å². The van der Waals surface area contributed by atoms with Crippen LogP contribution in [-0.2, 0) is 14.1 Å². The zero-order valence-electron chi connectivity index (χ0n) is 48.4. The van der Waals surface area contributed by atoms with Gasteiger partial charge in [0, 0.05) is 39.7 Å². The first-order valence-corrected chi connectivity index (χ1v) is 28.3. The highest BCUT2D eigenvalue weighted by Crippen LogP contribution is 2.43. The molecule has 12 rings (SSSR count). The van der Waals surface area contributed by atoms with Gasteiger partial charge in [-0.3, -0.25) is 9.59 Å². The summed E-state index contributed by atoms with van der Waals surface area (Å²) in [6.45, 7) is 7.23. The van der Waals surface area contributed by atoms with Gasteiger partial charge in [0.1, 0.15) is 17.1 Å². The Balaban J connectivity index is 0.000000149. The molecule has 4 aromatic heterocycles. The van der Waals surface area contributed by atoms with Crippen LogP contribution in [0.25, 0.3) is 22.5 Å². The lowest BCUT2D eigenvalue weighted by Gasteiger charge is -2.32. The number of nitrogens with two attached hydrogens (primary N) is 2. The molecule has 0 atom stereocenters. The summed E-state index contributed by atoms with van der Waals surface area (Å²) >= 11 is 9.99. The number of nitrogens with one attached hydrogen (secondary N) is 3. The number of carbonyl (C=O) groups is 2. The minimum atomic E-state index is -2.72. The minimum absolute atomic E-state index is 0.0687. The number of ether oxygens (including phenoxy) is 3. The molecule has 27 heteroatoms. The van der Waals surface area contributed by atoms with Crippen molar-refractivity contribution in [2.45, 2.75) is 115 Å². The van der Waals surface area contributed by atoms with Crippen LogP contribution < -0.4 is 47.1 Å². The van der Waals surface area contributed by atoms with Crippen LogP contribution in [0.5, 0.6) is 17.2 Å². The number of amides is 2. The molecule has 2 amide bonds. The molecule has 0 bridgehead atoms. The lowest BCUT2D eigenvalue weighted by molar-refractivity contribution is -0.117. The van der Waals surface area contributed by atoms with Crippen LogP contribution in [-0.4, -0.2) is 114 Å². The molecule has 0 spiro atoms. The van der Waals surface area contributed by atoms with E-state index < -0.39 is 20.0 Å². The lowest BCUT2D eigenvalue weighted by atomic mass is 9.78. The maximum absolute atomic E-state index is 12.7. The number of benzene rings is 3. The second-order valence-corrected chi connectivity index (χ2v) is 22.9.